The minimum Gasteiger partial charge on any atom is -0.323 e. The van der Waals surface area contributed by atoms with Gasteiger partial charge in [-0.05, 0) is 50.5 Å². The Hall–Kier alpha value is -2.57. The second kappa shape index (κ2) is 6.47. The van der Waals surface area contributed by atoms with Crippen molar-refractivity contribution in [3.05, 3.63) is 78.9 Å². The van der Waals surface area contributed by atoms with E-state index in [0.29, 0.717) is 22.1 Å². The topological polar surface area (TPSA) is 71.0 Å². The molecule has 0 bridgehead atoms. The molecule has 1 unspecified atom stereocenters. The Labute approximate surface area is 177 Å². The monoisotopic (exact) mass is 428 g/mol. The third-order valence-corrected chi connectivity index (χ3v) is 6.12. The summed E-state index contributed by atoms with van der Waals surface area (Å²) in [5, 5.41) is 5.35. The van der Waals surface area contributed by atoms with Crippen LogP contribution in [0.3, 0.4) is 0 Å². The lowest BCUT2D eigenvalue weighted by Crippen LogP contribution is -2.32. The summed E-state index contributed by atoms with van der Waals surface area (Å²) in [6, 6.07) is 8.91. The second-order valence-electron chi connectivity index (χ2n) is 7.61. The fraction of sp³-hybridized carbons (Fsp3) is 0.286. The molecule has 6 nitrogen and oxygen atoms in total. The maximum atomic E-state index is 13.7. The molecule has 1 N–H and O–H groups in total. The van der Waals surface area contributed by atoms with E-state index >= 15 is 0 Å². The van der Waals surface area contributed by atoms with Crippen molar-refractivity contribution in [2.75, 3.05) is 4.90 Å². The number of rotatable bonds is 3. The summed E-state index contributed by atoms with van der Waals surface area (Å²) in [4.78, 5) is 30.0. The Morgan fingerprint density at radius 2 is 1.79 bits per heavy atom. The second-order valence-corrected chi connectivity index (χ2v) is 8.45. The maximum Gasteiger partial charge on any atom is 0.277 e. The molecule has 1 fully saturated rings. The SMILES string of the molecule is Cc1nn(C2CC2)c2c1C(c1ccc(Cl)cc1)N(c1cc(Cl)c(=O)[nH]c1C)C2=O. The van der Waals surface area contributed by atoms with Gasteiger partial charge in [0.05, 0.1) is 23.5 Å². The Bertz CT molecular complexity index is 1210. The highest BCUT2D eigenvalue weighted by Crippen LogP contribution is 2.47. The van der Waals surface area contributed by atoms with E-state index in [1.165, 1.54) is 0 Å². The number of carbonyl (C=O) groups excluding carboxylic acids is 1. The number of fused-ring (bicyclic) bond motifs is 1. The number of carbonyl (C=O) groups is 1. The quantitative estimate of drug-likeness (QED) is 0.663. The van der Waals surface area contributed by atoms with Crippen LogP contribution < -0.4 is 10.5 Å². The highest BCUT2D eigenvalue weighted by molar-refractivity contribution is 6.31. The van der Waals surface area contributed by atoms with E-state index in [2.05, 4.69) is 10.1 Å². The number of hydrogen-bond acceptors (Lipinski definition) is 3. The van der Waals surface area contributed by atoms with Gasteiger partial charge in [0.25, 0.3) is 11.5 Å². The van der Waals surface area contributed by atoms with Gasteiger partial charge >= 0.3 is 0 Å². The normalized spacial score (nSPS) is 18.4. The first-order valence-electron chi connectivity index (χ1n) is 9.44. The first kappa shape index (κ1) is 18.5. The van der Waals surface area contributed by atoms with Gasteiger partial charge in [0.1, 0.15) is 10.7 Å². The van der Waals surface area contributed by atoms with Crippen molar-refractivity contribution in [2.24, 2.45) is 0 Å². The van der Waals surface area contributed by atoms with Crippen LogP contribution in [0.5, 0.6) is 0 Å². The van der Waals surface area contributed by atoms with Gasteiger partial charge < -0.3 is 4.98 Å². The van der Waals surface area contributed by atoms with Gasteiger partial charge in [-0.1, -0.05) is 35.3 Å². The predicted molar refractivity (Wildman–Crippen MR) is 112 cm³/mol. The molecule has 148 valence electrons. The number of aryl methyl sites for hydroxylation is 2. The molecule has 1 amide bonds. The molecule has 1 aliphatic carbocycles. The van der Waals surface area contributed by atoms with Gasteiger partial charge in [0, 0.05) is 16.3 Å². The predicted octanol–water partition coefficient (Wildman–Crippen LogP) is 4.58. The number of nitrogens with one attached hydrogen (secondary N) is 1. The van der Waals surface area contributed by atoms with Crippen molar-refractivity contribution in [3.63, 3.8) is 0 Å². The van der Waals surface area contributed by atoms with E-state index in [0.717, 1.165) is 29.7 Å². The van der Waals surface area contributed by atoms with Crippen molar-refractivity contribution in [3.8, 4) is 0 Å². The molecule has 29 heavy (non-hydrogen) atoms. The van der Waals surface area contributed by atoms with Crippen LogP contribution in [0.1, 0.15) is 57.9 Å². The van der Waals surface area contributed by atoms with E-state index < -0.39 is 0 Å². The van der Waals surface area contributed by atoms with Gasteiger partial charge in [-0.25, -0.2) is 0 Å². The summed E-state index contributed by atoms with van der Waals surface area (Å²) in [6.07, 6.45) is 2.05. The Balaban J connectivity index is 1.76. The number of amides is 1. The van der Waals surface area contributed by atoms with Crippen LogP contribution in [0.15, 0.2) is 35.1 Å². The molecular formula is C21H18Cl2N4O2. The number of hydrogen-bond donors (Lipinski definition) is 1. The van der Waals surface area contributed by atoms with Crippen LogP contribution in [0.25, 0.3) is 0 Å². The molecular weight excluding hydrogens is 411 g/mol. The van der Waals surface area contributed by atoms with Crippen LogP contribution in [0, 0.1) is 13.8 Å². The van der Waals surface area contributed by atoms with Crippen LogP contribution in [0.4, 0.5) is 5.69 Å². The van der Waals surface area contributed by atoms with Crippen molar-refractivity contribution < 1.29 is 4.79 Å². The van der Waals surface area contributed by atoms with Crippen LogP contribution in [0.2, 0.25) is 10.0 Å². The molecule has 3 aromatic rings. The zero-order chi connectivity index (χ0) is 20.4. The largest absolute Gasteiger partial charge is 0.323 e. The maximum absolute atomic E-state index is 13.7. The molecule has 0 radical (unpaired) electrons. The fourth-order valence-corrected chi connectivity index (χ4v) is 4.37. The molecule has 3 heterocycles. The van der Waals surface area contributed by atoms with Crippen LogP contribution >= 0.6 is 23.2 Å². The average molecular weight is 429 g/mol. The Morgan fingerprint density at radius 1 is 1.10 bits per heavy atom. The summed E-state index contributed by atoms with van der Waals surface area (Å²) in [5.41, 5.74) is 4.05. The summed E-state index contributed by atoms with van der Waals surface area (Å²) in [5.74, 6) is -0.140. The van der Waals surface area contributed by atoms with Crippen molar-refractivity contribution in [1.29, 1.82) is 0 Å². The molecule has 0 spiro atoms. The van der Waals surface area contributed by atoms with E-state index in [-0.39, 0.29) is 28.6 Å². The van der Waals surface area contributed by atoms with Crippen LogP contribution in [-0.2, 0) is 0 Å². The number of nitrogens with zero attached hydrogens (tertiary/aromatic N) is 3. The van der Waals surface area contributed by atoms with E-state index in [1.54, 1.807) is 17.9 Å². The lowest BCUT2D eigenvalue weighted by Gasteiger charge is -2.27. The molecule has 5 rings (SSSR count). The zero-order valence-corrected chi connectivity index (χ0v) is 17.4. The smallest absolute Gasteiger partial charge is 0.277 e. The summed E-state index contributed by atoms with van der Waals surface area (Å²) < 4.78 is 1.87. The molecule has 0 saturated heterocycles. The molecule has 1 atom stereocenters. The van der Waals surface area contributed by atoms with Gasteiger partial charge in [-0.15, -0.1) is 0 Å². The Kier molecular flexibility index (Phi) is 4.12. The highest BCUT2D eigenvalue weighted by atomic mass is 35.5. The minimum atomic E-state index is -0.375. The number of aromatic nitrogens is 3. The number of benzene rings is 1. The van der Waals surface area contributed by atoms with E-state index in [4.69, 9.17) is 23.2 Å². The molecule has 8 heteroatoms. The minimum absolute atomic E-state index is 0.0461. The molecule has 1 aliphatic heterocycles. The zero-order valence-electron chi connectivity index (χ0n) is 15.9. The van der Waals surface area contributed by atoms with Crippen molar-refractivity contribution in [1.82, 2.24) is 14.8 Å². The van der Waals surface area contributed by atoms with Gasteiger partial charge in [-0.2, -0.15) is 5.10 Å². The Morgan fingerprint density at radius 3 is 2.45 bits per heavy atom. The summed E-state index contributed by atoms with van der Waals surface area (Å²) in [7, 11) is 0. The van der Waals surface area contributed by atoms with Crippen molar-refractivity contribution >= 4 is 34.8 Å². The lowest BCUT2D eigenvalue weighted by molar-refractivity contribution is 0.0983. The lowest BCUT2D eigenvalue weighted by atomic mass is 9.99. The van der Waals surface area contributed by atoms with Gasteiger partial charge in [0.2, 0.25) is 0 Å². The third kappa shape index (κ3) is 2.81. The standard InChI is InChI=1S/C21H18Cl2N4O2/c1-10-16(9-15(23)20(28)24-10)26-18(12-3-5-13(22)6-4-12)17-11(2)25-27(14-7-8-14)19(17)21(26)29/h3-6,9,14,18H,7-8H2,1-2H3,(H,24,28). The van der Waals surface area contributed by atoms with Crippen molar-refractivity contribution in [2.45, 2.75) is 38.8 Å². The number of H-pyrrole nitrogens is 1. The summed E-state index contributed by atoms with van der Waals surface area (Å²) >= 11 is 12.2. The number of halogens is 2. The third-order valence-electron chi connectivity index (χ3n) is 5.59. The van der Waals surface area contributed by atoms with Gasteiger partial charge in [0.15, 0.2) is 0 Å². The number of pyridine rings is 1. The molecule has 1 aromatic carbocycles. The first-order chi connectivity index (χ1) is 13.9. The molecule has 1 saturated carbocycles. The molecule has 2 aromatic heterocycles. The van der Waals surface area contributed by atoms with Crippen LogP contribution in [-0.4, -0.2) is 20.7 Å². The van der Waals surface area contributed by atoms with Gasteiger partial charge in [-0.3, -0.25) is 19.2 Å². The fourth-order valence-electron chi connectivity index (χ4n) is 4.09. The summed E-state index contributed by atoms with van der Waals surface area (Å²) in [6.45, 7) is 3.70. The van der Waals surface area contributed by atoms with E-state index in [1.807, 2.05) is 35.9 Å². The highest BCUT2D eigenvalue weighted by Gasteiger charge is 2.46. The first-order valence-corrected chi connectivity index (χ1v) is 10.2. The number of anilines is 1. The molecule has 2 aliphatic rings. The van der Waals surface area contributed by atoms with E-state index in [9.17, 15) is 9.59 Å². The number of aromatic amines is 1. The average Bonchev–Trinajstić information content (AvgIpc) is 3.41.